The van der Waals surface area contributed by atoms with E-state index in [1.807, 2.05) is 6.07 Å². The summed E-state index contributed by atoms with van der Waals surface area (Å²) in [6.07, 6.45) is -4.61. The Morgan fingerprint density at radius 2 is 1.65 bits per heavy atom. The maximum absolute atomic E-state index is 14.5. The molecule has 5 rings (SSSR count). The van der Waals surface area contributed by atoms with Gasteiger partial charge in [0.05, 0.1) is 23.7 Å². The van der Waals surface area contributed by atoms with Crippen LogP contribution in [0.15, 0.2) is 89.2 Å². The molecule has 0 saturated heterocycles. The fourth-order valence-electron chi connectivity index (χ4n) is 4.46. The Morgan fingerprint density at radius 3 is 2.30 bits per heavy atom. The SMILES string of the molecule is N#CC1=C(N)OC2=C([C@H]1c1ccc(C(F)(F)F)cc1)S(=O)(=O)N(Cc1ccccc1F)c1ccccc12. The van der Waals surface area contributed by atoms with Crippen LogP contribution in [-0.2, 0) is 27.5 Å². The van der Waals surface area contributed by atoms with Crippen LogP contribution in [0.3, 0.4) is 0 Å². The molecular weight excluding hydrogens is 510 g/mol. The molecule has 2 N–H and O–H groups in total. The lowest BCUT2D eigenvalue weighted by molar-refractivity contribution is -0.137. The van der Waals surface area contributed by atoms with Crippen molar-refractivity contribution in [2.45, 2.75) is 18.6 Å². The van der Waals surface area contributed by atoms with E-state index in [-0.39, 0.29) is 45.5 Å². The number of hydrogen-bond acceptors (Lipinski definition) is 5. The maximum Gasteiger partial charge on any atom is 0.416 e. The molecule has 3 aromatic carbocycles. The lowest BCUT2D eigenvalue weighted by atomic mass is 9.88. The lowest BCUT2D eigenvalue weighted by Crippen LogP contribution is -2.39. The molecule has 188 valence electrons. The highest BCUT2D eigenvalue weighted by Gasteiger charge is 2.47. The summed E-state index contributed by atoms with van der Waals surface area (Å²) in [6, 6.07) is 17.7. The van der Waals surface area contributed by atoms with Gasteiger partial charge < -0.3 is 10.5 Å². The number of fused-ring (bicyclic) bond motifs is 2. The summed E-state index contributed by atoms with van der Waals surface area (Å²) in [5.41, 5.74) is 5.51. The average molecular weight is 527 g/mol. The summed E-state index contributed by atoms with van der Waals surface area (Å²) in [5.74, 6) is -2.46. The monoisotopic (exact) mass is 527 g/mol. The minimum atomic E-state index is -4.61. The van der Waals surface area contributed by atoms with Gasteiger partial charge in [-0.05, 0) is 35.9 Å². The number of rotatable bonds is 3. The molecule has 0 radical (unpaired) electrons. The van der Waals surface area contributed by atoms with Crippen LogP contribution in [0, 0.1) is 17.1 Å². The third-order valence-electron chi connectivity index (χ3n) is 6.20. The Balaban J connectivity index is 1.74. The van der Waals surface area contributed by atoms with Crippen molar-refractivity contribution in [2.75, 3.05) is 4.31 Å². The molecule has 2 aliphatic rings. The van der Waals surface area contributed by atoms with Crippen LogP contribution in [0.4, 0.5) is 23.2 Å². The van der Waals surface area contributed by atoms with E-state index in [4.69, 9.17) is 10.5 Å². The molecule has 0 amide bonds. The van der Waals surface area contributed by atoms with Gasteiger partial charge in [0.2, 0.25) is 5.88 Å². The number of alkyl halides is 3. The number of allylic oxidation sites excluding steroid dienone is 2. The number of hydrogen-bond donors (Lipinski definition) is 1. The Labute approximate surface area is 209 Å². The summed E-state index contributed by atoms with van der Waals surface area (Å²) in [4.78, 5) is -0.368. The number of para-hydroxylation sites is 1. The van der Waals surface area contributed by atoms with Gasteiger partial charge in [0.25, 0.3) is 10.0 Å². The molecular formula is C26H17F4N3O3S. The fraction of sp³-hybridized carbons (Fsp3) is 0.115. The van der Waals surface area contributed by atoms with Crippen LogP contribution in [-0.4, -0.2) is 8.42 Å². The van der Waals surface area contributed by atoms with Gasteiger partial charge in [-0.25, -0.2) is 12.8 Å². The van der Waals surface area contributed by atoms with Crippen LogP contribution in [0.5, 0.6) is 0 Å². The number of nitriles is 1. The van der Waals surface area contributed by atoms with Gasteiger partial charge in [-0.15, -0.1) is 0 Å². The summed E-state index contributed by atoms with van der Waals surface area (Å²) in [6.45, 7) is -0.371. The first-order valence-electron chi connectivity index (χ1n) is 10.9. The molecule has 0 fully saturated rings. The van der Waals surface area contributed by atoms with Gasteiger partial charge in [-0.2, -0.15) is 18.4 Å². The topological polar surface area (TPSA) is 96.4 Å². The zero-order chi connectivity index (χ0) is 26.5. The van der Waals surface area contributed by atoms with Gasteiger partial charge in [0, 0.05) is 11.1 Å². The van der Waals surface area contributed by atoms with Gasteiger partial charge in [-0.1, -0.05) is 42.5 Å². The molecule has 0 unspecified atom stereocenters. The summed E-state index contributed by atoms with van der Waals surface area (Å²) >= 11 is 0. The Kier molecular flexibility index (Phi) is 5.72. The predicted molar refractivity (Wildman–Crippen MR) is 127 cm³/mol. The molecule has 6 nitrogen and oxygen atoms in total. The number of sulfonamides is 1. The van der Waals surface area contributed by atoms with Crippen LogP contribution >= 0.6 is 0 Å². The third-order valence-corrected chi connectivity index (χ3v) is 8.08. The van der Waals surface area contributed by atoms with Crippen molar-refractivity contribution in [1.29, 1.82) is 5.26 Å². The minimum absolute atomic E-state index is 0.0945. The summed E-state index contributed by atoms with van der Waals surface area (Å²) < 4.78 is 88.9. The van der Waals surface area contributed by atoms with E-state index in [0.717, 1.165) is 28.6 Å². The molecule has 0 aliphatic carbocycles. The first kappa shape index (κ1) is 24.4. The van der Waals surface area contributed by atoms with Crippen molar-refractivity contribution in [3.8, 4) is 6.07 Å². The van der Waals surface area contributed by atoms with Crippen LogP contribution in [0.25, 0.3) is 5.76 Å². The highest BCUT2D eigenvalue weighted by atomic mass is 32.2. The van der Waals surface area contributed by atoms with Gasteiger partial charge in [0.1, 0.15) is 22.4 Å². The van der Waals surface area contributed by atoms with E-state index in [2.05, 4.69) is 0 Å². The lowest BCUT2D eigenvalue weighted by Gasteiger charge is -2.38. The third kappa shape index (κ3) is 3.99. The largest absolute Gasteiger partial charge is 0.439 e. The predicted octanol–water partition coefficient (Wildman–Crippen LogP) is 5.37. The number of halogens is 4. The highest BCUT2D eigenvalue weighted by molar-refractivity contribution is 7.96. The van der Waals surface area contributed by atoms with Crippen molar-refractivity contribution in [3.63, 3.8) is 0 Å². The fourth-order valence-corrected chi connectivity index (χ4v) is 6.36. The number of ether oxygens (including phenoxy) is 1. The highest BCUT2D eigenvalue weighted by Crippen LogP contribution is 2.51. The minimum Gasteiger partial charge on any atom is -0.439 e. The molecule has 0 spiro atoms. The van der Waals surface area contributed by atoms with Crippen molar-refractivity contribution in [1.82, 2.24) is 0 Å². The quantitative estimate of drug-likeness (QED) is 0.462. The van der Waals surface area contributed by atoms with E-state index in [1.165, 1.54) is 24.3 Å². The van der Waals surface area contributed by atoms with E-state index < -0.39 is 33.5 Å². The molecule has 37 heavy (non-hydrogen) atoms. The van der Waals surface area contributed by atoms with Crippen molar-refractivity contribution < 1.29 is 30.7 Å². The zero-order valence-electron chi connectivity index (χ0n) is 18.8. The Hall–Kier alpha value is -4.30. The van der Waals surface area contributed by atoms with Crippen LogP contribution < -0.4 is 10.0 Å². The van der Waals surface area contributed by atoms with E-state index in [9.17, 15) is 31.2 Å². The zero-order valence-corrected chi connectivity index (χ0v) is 19.6. The number of benzene rings is 3. The van der Waals surface area contributed by atoms with Gasteiger partial charge in [0.15, 0.2) is 5.76 Å². The van der Waals surface area contributed by atoms with Crippen molar-refractivity contribution >= 4 is 21.5 Å². The van der Waals surface area contributed by atoms with E-state index in [0.29, 0.717) is 5.56 Å². The molecule has 2 aliphatic heterocycles. The molecule has 0 bridgehead atoms. The molecule has 11 heteroatoms. The van der Waals surface area contributed by atoms with Crippen molar-refractivity contribution in [2.24, 2.45) is 5.73 Å². The maximum atomic E-state index is 14.5. The van der Waals surface area contributed by atoms with Crippen molar-refractivity contribution in [3.05, 3.63) is 117 Å². The number of nitrogens with zero attached hydrogens (tertiary/aromatic N) is 2. The average Bonchev–Trinajstić information content (AvgIpc) is 2.86. The second-order valence-electron chi connectivity index (χ2n) is 8.36. The first-order chi connectivity index (χ1) is 17.5. The Bertz CT molecular complexity index is 1620. The molecule has 2 heterocycles. The molecule has 1 atom stereocenters. The van der Waals surface area contributed by atoms with Crippen LogP contribution in [0.1, 0.15) is 28.2 Å². The standard InChI is InChI=1S/C26H17F4N3O3S/c27-20-7-3-1-5-16(20)14-33-21-8-4-2-6-18(21)23-24(37(33,34)35)22(19(13-31)25(32)36-23)15-9-11-17(12-10-15)26(28,29)30/h1-12,22H,14,32H2/t22-/m0/s1. The van der Waals surface area contributed by atoms with E-state index >= 15 is 0 Å². The van der Waals surface area contributed by atoms with Gasteiger partial charge >= 0.3 is 6.18 Å². The normalized spacial score (nSPS) is 18.6. The van der Waals surface area contributed by atoms with Crippen LogP contribution in [0.2, 0.25) is 0 Å². The first-order valence-corrected chi connectivity index (χ1v) is 12.3. The Morgan fingerprint density at radius 1 is 1.00 bits per heavy atom. The van der Waals surface area contributed by atoms with Gasteiger partial charge in [-0.3, -0.25) is 4.31 Å². The van der Waals surface area contributed by atoms with E-state index in [1.54, 1.807) is 24.3 Å². The number of nitrogens with two attached hydrogens (primary N) is 1. The molecule has 3 aromatic rings. The summed E-state index contributed by atoms with van der Waals surface area (Å²) in [5, 5.41) is 9.84. The molecule has 0 saturated carbocycles. The second kappa shape index (κ2) is 8.67. The smallest absolute Gasteiger partial charge is 0.416 e. The number of anilines is 1. The molecule has 0 aromatic heterocycles. The summed E-state index contributed by atoms with van der Waals surface area (Å²) in [7, 11) is -4.50. The second-order valence-corrected chi connectivity index (χ2v) is 10.2.